The third-order valence-electron chi connectivity index (χ3n) is 4.04. The van der Waals surface area contributed by atoms with Crippen LogP contribution in [0.25, 0.3) is 11.0 Å². The van der Waals surface area contributed by atoms with Gasteiger partial charge in [-0.15, -0.1) is 0 Å². The first kappa shape index (κ1) is 18.3. The van der Waals surface area contributed by atoms with Gasteiger partial charge in [-0.05, 0) is 42.8 Å². The Morgan fingerprint density at radius 2 is 1.96 bits per heavy atom. The van der Waals surface area contributed by atoms with Gasteiger partial charge >= 0.3 is 0 Å². The minimum atomic E-state index is -0.155. The molecular weight excluding hydrogens is 350 g/mol. The van der Waals surface area contributed by atoms with Gasteiger partial charge in [-0.25, -0.2) is 4.98 Å². The molecule has 1 N–H and O–H groups in total. The third kappa shape index (κ3) is 4.55. The number of halogens is 1. The van der Waals surface area contributed by atoms with Crippen molar-refractivity contribution in [2.45, 2.75) is 26.3 Å². The molecule has 3 rings (SSSR count). The number of hydrogen-bond donors (Lipinski definition) is 1. The maximum Gasteiger partial charge on any atom is 0.257 e. The largest absolute Gasteiger partial charge is 0.484 e. The van der Waals surface area contributed by atoms with Crippen LogP contribution < -0.4 is 10.1 Å². The van der Waals surface area contributed by atoms with Gasteiger partial charge in [0.25, 0.3) is 5.91 Å². The summed E-state index contributed by atoms with van der Waals surface area (Å²) in [5, 5.41) is 3.52. The van der Waals surface area contributed by atoms with Crippen molar-refractivity contribution in [2.24, 2.45) is 0 Å². The number of rotatable bonds is 8. The van der Waals surface area contributed by atoms with E-state index in [9.17, 15) is 4.79 Å². The molecule has 6 heteroatoms. The van der Waals surface area contributed by atoms with Gasteiger partial charge in [0.2, 0.25) is 0 Å². The molecular formula is C20H22ClN3O2. The summed E-state index contributed by atoms with van der Waals surface area (Å²) in [4.78, 5) is 16.7. The van der Waals surface area contributed by atoms with E-state index in [1.807, 2.05) is 18.2 Å². The third-order valence-corrected chi connectivity index (χ3v) is 4.29. The van der Waals surface area contributed by atoms with E-state index in [0.717, 1.165) is 29.8 Å². The Morgan fingerprint density at radius 1 is 1.19 bits per heavy atom. The SMILES string of the molecule is CCCn1c(CCNC(=O)COc2ccc(Cl)cc2)nc2ccccc21. The molecule has 0 fully saturated rings. The van der Waals surface area contributed by atoms with Crippen LogP contribution in [0.15, 0.2) is 48.5 Å². The molecule has 1 heterocycles. The van der Waals surface area contributed by atoms with Crippen LogP contribution in [0.1, 0.15) is 19.2 Å². The van der Waals surface area contributed by atoms with Gasteiger partial charge in [0.05, 0.1) is 11.0 Å². The number of nitrogens with zero attached hydrogens (tertiary/aromatic N) is 2. The quantitative estimate of drug-likeness (QED) is 0.654. The summed E-state index contributed by atoms with van der Waals surface area (Å²) in [7, 11) is 0. The van der Waals surface area contributed by atoms with Gasteiger partial charge < -0.3 is 14.6 Å². The van der Waals surface area contributed by atoms with Crippen LogP contribution in [0.3, 0.4) is 0 Å². The Hall–Kier alpha value is -2.53. The number of nitrogens with one attached hydrogen (secondary N) is 1. The number of aryl methyl sites for hydroxylation is 1. The highest BCUT2D eigenvalue weighted by Gasteiger charge is 2.10. The molecule has 26 heavy (non-hydrogen) atoms. The van der Waals surface area contributed by atoms with Gasteiger partial charge in [0, 0.05) is 24.5 Å². The first-order chi connectivity index (χ1) is 12.7. The van der Waals surface area contributed by atoms with Crippen molar-refractivity contribution < 1.29 is 9.53 Å². The molecule has 0 spiro atoms. The summed E-state index contributed by atoms with van der Waals surface area (Å²) < 4.78 is 7.67. The van der Waals surface area contributed by atoms with Gasteiger partial charge in [-0.3, -0.25) is 4.79 Å². The number of carbonyl (C=O) groups is 1. The summed E-state index contributed by atoms with van der Waals surface area (Å²) >= 11 is 5.82. The van der Waals surface area contributed by atoms with Crippen LogP contribution in [0, 0.1) is 0 Å². The molecule has 0 bridgehead atoms. The summed E-state index contributed by atoms with van der Waals surface area (Å²) in [6.07, 6.45) is 1.72. The van der Waals surface area contributed by atoms with Crippen LogP contribution in [0.2, 0.25) is 5.02 Å². The van der Waals surface area contributed by atoms with Crippen molar-refractivity contribution in [2.75, 3.05) is 13.2 Å². The van der Waals surface area contributed by atoms with Crippen LogP contribution in [0.4, 0.5) is 0 Å². The van der Waals surface area contributed by atoms with Crippen molar-refractivity contribution >= 4 is 28.5 Å². The summed E-state index contributed by atoms with van der Waals surface area (Å²) in [6.45, 7) is 3.57. The molecule has 0 aliphatic carbocycles. The molecule has 0 aliphatic heterocycles. The van der Waals surface area contributed by atoms with Gasteiger partial charge in [-0.1, -0.05) is 30.7 Å². The molecule has 0 saturated carbocycles. The van der Waals surface area contributed by atoms with Crippen molar-refractivity contribution in [1.82, 2.24) is 14.9 Å². The lowest BCUT2D eigenvalue weighted by Crippen LogP contribution is -2.31. The Balaban J connectivity index is 1.52. The van der Waals surface area contributed by atoms with Gasteiger partial charge in [0.15, 0.2) is 6.61 Å². The van der Waals surface area contributed by atoms with E-state index in [-0.39, 0.29) is 12.5 Å². The average molecular weight is 372 g/mol. The highest BCUT2D eigenvalue weighted by Crippen LogP contribution is 2.17. The van der Waals surface area contributed by atoms with E-state index < -0.39 is 0 Å². The number of amides is 1. The highest BCUT2D eigenvalue weighted by atomic mass is 35.5. The van der Waals surface area contributed by atoms with Crippen molar-refractivity contribution in [1.29, 1.82) is 0 Å². The highest BCUT2D eigenvalue weighted by molar-refractivity contribution is 6.30. The maximum absolute atomic E-state index is 12.0. The number of hydrogen-bond acceptors (Lipinski definition) is 3. The molecule has 2 aromatic carbocycles. The first-order valence-corrected chi connectivity index (χ1v) is 9.14. The monoisotopic (exact) mass is 371 g/mol. The van der Waals surface area contributed by atoms with Crippen molar-refractivity contribution in [3.63, 3.8) is 0 Å². The zero-order chi connectivity index (χ0) is 18.4. The standard InChI is InChI=1S/C20H22ClN3O2/c1-2-13-24-18-6-4-3-5-17(18)23-19(24)11-12-22-20(25)14-26-16-9-7-15(21)8-10-16/h3-10H,2,11-14H2,1H3,(H,22,25). The van der Waals surface area contributed by atoms with E-state index in [1.54, 1.807) is 24.3 Å². The molecule has 1 amide bonds. The van der Waals surface area contributed by atoms with Gasteiger partial charge in [-0.2, -0.15) is 0 Å². The number of carbonyl (C=O) groups excluding carboxylic acids is 1. The maximum atomic E-state index is 12.0. The molecule has 3 aromatic rings. The number of para-hydroxylation sites is 2. The minimum Gasteiger partial charge on any atom is -0.484 e. The molecule has 136 valence electrons. The molecule has 1 aromatic heterocycles. The normalized spacial score (nSPS) is 10.8. The molecule has 5 nitrogen and oxygen atoms in total. The van der Waals surface area contributed by atoms with Crippen LogP contribution in [0.5, 0.6) is 5.75 Å². The second-order valence-corrected chi connectivity index (χ2v) is 6.45. The lowest BCUT2D eigenvalue weighted by Gasteiger charge is -2.09. The molecule has 0 saturated heterocycles. The Morgan fingerprint density at radius 3 is 2.73 bits per heavy atom. The molecule has 0 atom stereocenters. The predicted molar refractivity (Wildman–Crippen MR) is 104 cm³/mol. The smallest absolute Gasteiger partial charge is 0.257 e. The summed E-state index contributed by atoms with van der Waals surface area (Å²) in [5.41, 5.74) is 2.13. The Labute approximate surface area is 157 Å². The second kappa shape index (κ2) is 8.72. The summed E-state index contributed by atoms with van der Waals surface area (Å²) in [5.74, 6) is 1.46. The fourth-order valence-corrected chi connectivity index (χ4v) is 2.96. The summed E-state index contributed by atoms with van der Waals surface area (Å²) in [6, 6.07) is 15.1. The Kier molecular flexibility index (Phi) is 6.12. The predicted octanol–water partition coefficient (Wildman–Crippen LogP) is 3.84. The Bertz CT molecular complexity index is 874. The van der Waals surface area contributed by atoms with E-state index in [4.69, 9.17) is 21.3 Å². The fourth-order valence-electron chi connectivity index (χ4n) is 2.83. The minimum absolute atomic E-state index is 0.0208. The number of fused-ring (bicyclic) bond motifs is 1. The second-order valence-electron chi connectivity index (χ2n) is 6.01. The number of ether oxygens (including phenoxy) is 1. The lowest BCUT2D eigenvalue weighted by molar-refractivity contribution is -0.123. The van der Waals surface area contributed by atoms with E-state index in [0.29, 0.717) is 23.7 Å². The zero-order valence-electron chi connectivity index (χ0n) is 14.7. The van der Waals surface area contributed by atoms with Gasteiger partial charge in [0.1, 0.15) is 11.6 Å². The zero-order valence-corrected chi connectivity index (χ0v) is 15.5. The lowest BCUT2D eigenvalue weighted by atomic mass is 10.3. The topological polar surface area (TPSA) is 56.2 Å². The first-order valence-electron chi connectivity index (χ1n) is 8.76. The fraction of sp³-hybridized carbons (Fsp3) is 0.300. The van der Waals surface area contributed by atoms with E-state index in [2.05, 4.69) is 22.9 Å². The number of imidazole rings is 1. The molecule has 0 aliphatic rings. The van der Waals surface area contributed by atoms with Crippen LogP contribution in [-0.2, 0) is 17.8 Å². The number of aromatic nitrogens is 2. The molecule has 0 unspecified atom stereocenters. The number of benzene rings is 2. The average Bonchev–Trinajstić information content (AvgIpc) is 2.99. The van der Waals surface area contributed by atoms with E-state index >= 15 is 0 Å². The van der Waals surface area contributed by atoms with Crippen LogP contribution >= 0.6 is 11.6 Å². The molecule has 0 radical (unpaired) electrons. The van der Waals surface area contributed by atoms with E-state index in [1.165, 1.54) is 0 Å². The van der Waals surface area contributed by atoms with Crippen molar-refractivity contribution in [3.05, 3.63) is 59.4 Å². The van der Waals surface area contributed by atoms with Crippen LogP contribution in [-0.4, -0.2) is 28.6 Å². The van der Waals surface area contributed by atoms with Crippen molar-refractivity contribution in [3.8, 4) is 5.75 Å².